The minimum atomic E-state index is -0.237. The predicted molar refractivity (Wildman–Crippen MR) is 123 cm³/mol. The molecule has 0 aliphatic carbocycles. The van der Waals surface area contributed by atoms with Gasteiger partial charge in [-0.3, -0.25) is 4.79 Å². The first-order chi connectivity index (χ1) is 14.5. The molecule has 30 heavy (non-hydrogen) atoms. The van der Waals surface area contributed by atoms with Crippen LogP contribution < -0.4 is 15.2 Å². The quantitative estimate of drug-likeness (QED) is 0.432. The van der Waals surface area contributed by atoms with Crippen molar-refractivity contribution in [2.75, 3.05) is 13.2 Å². The zero-order valence-electron chi connectivity index (χ0n) is 18.9. The fourth-order valence-electron chi connectivity index (χ4n) is 3.89. The van der Waals surface area contributed by atoms with Crippen molar-refractivity contribution in [1.82, 2.24) is 0 Å². The summed E-state index contributed by atoms with van der Waals surface area (Å²) in [6.45, 7) is 9.42. The van der Waals surface area contributed by atoms with Crippen LogP contribution in [-0.2, 0) is 17.6 Å². The van der Waals surface area contributed by atoms with Gasteiger partial charge in [-0.25, -0.2) is 0 Å². The monoisotopic (exact) mass is 411 g/mol. The minimum Gasteiger partial charge on any atom is -0.493 e. The van der Waals surface area contributed by atoms with E-state index in [2.05, 4.69) is 50.2 Å². The van der Waals surface area contributed by atoms with E-state index in [1.807, 2.05) is 19.9 Å². The number of carbonyl (C=O) groups is 1. The van der Waals surface area contributed by atoms with Crippen LogP contribution >= 0.6 is 0 Å². The molecule has 0 aromatic heterocycles. The van der Waals surface area contributed by atoms with Gasteiger partial charge < -0.3 is 15.2 Å². The molecule has 1 unspecified atom stereocenters. The number of primary amides is 1. The third-order valence-electron chi connectivity index (χ3n) is 5.34. The third-order valence-corrected chi connectivity index (χ3v) is 5.34. The van der Waals surface area contributed by atoms with Crippen LogP contribution in [0.15, 0.2) is 42.5 Å². The fraction of sp³-hybridized carbons (Fsp3) is 0.500. The summed E-state index contributed by atoms with van der Waals surface area (Å²) < 4.78 is 11.8. The molecule has 4 heteroatoms. The van der Waals surface area contributed by atoms with E-state index >= 15 is 0 Å². The zero-order chi connectivity index (χ0) is 21.9. The van der Waals surface area contributed by atoms with Gasteiger partial charge in [0.2, 0.25) is 5.91 Å². The summed E-state index contributed by atoms with van der Waals surface area (Å²) in [5.74, 6) is 1.56. The standard InChI is InChI=1S/C26H37NO3/c1-5-29-23-17-21(18-24(30-6-2)25(23)19(3)4)16-22(26(27)28)15-11-10-14-20-12-8-7-9-13-20/h7-9,12-13,17-19,22H,5-6,10-11,14-16H2,1-4H3,(H2,27,28). The number of aryl methyl sites for hydroxylation is 1. The van der Waals surface area contributed by atoms with Crippen LogP contribution in [0.5, 0.6) is 11.5 Å². The molecule has 1 amide bonds. The molecule has 0 spiro atoms. The molecule has 0 bridgehead atoms. The lowest BCUT2D eigenvalue weighted by molar-refractivity contribution is -0.122. The van der Waals surface area contributed by atoms with Gasteiger partial charge in [0, 0.05) is 11.5 Å². The predicted octanol–water partition coefficient (Wildman–Crippen LogP) is 5.66. The van der Waals surface area contributed by atoms with Gasteiger partial charge in [0.25, 0.3) is 0 Å². The van der Waals surface area contributed by atoms with Gasteiger partial charge in [0.05, 0.1) is 13.2 Å². The van der Waals surface area contributed by atoms with Crippen molar-refractivity contribution in [3.8, 4) is 11.5 Å². The van der Waals surface area contributed by atoms with Crippen molar-refractivity contribution in [3.05, 3.63) is 59.2 Å². The highest BCUT2D eigenvalue weighted by Crippen LogP contribution is 2.37. The summed E-state index contributed by atoms with van der Waals surface area (Å²) in [5, 5.41) is 0. The van der Waals surface area contributed by atoms with Crippen molar-refractivity contribution in [2.45, 2.75) is 65.7 Å². The van der Waals surface area contributed by atoms with Crippen molar-refractivity contribution in [2.24, 2.45) is 11.7 Å². The lowest BCUT2D eigenvalue weighted by Gasteiger charge is -2.21. The molecule has 0 heterocycles. The fourth-order valence-corrected chi connectivity index (χ4v) is 3.89. The Balaban J connectivity index is 2.10. The van der Waals surface area contributed by atoms with Crippen LogP contribution in [-0.4, -0.2) is 19.1 Å². The molecule has 0 aliphatic heterocycles. The van der Waals surface area contributed by atoms with Gasteiger partial charge in [-0.2, -0.15) is 0 Å². The first-order valence-corrected chi connectivity index (χ1v) is 11.2. The average Bonchev–Trinajstić information content (AvgIpc) is 2.71. The summed E-state index contributed by atoms with van der Waals surface area (Å²) in [6, 6.07) is 14.6. The van der Waals surface area contributed by atoms with Gasteiger partial charge in [0.1, 0.15) is 11.5 Å². The van der Waals surface area contributed by atoms with Gasteiger partial charge in [-0.1, -0.05) is 50.6 Å². The van der Waals surface area contributed by atoms with Crippen LogP contribution in [0.2, 0.25) is 0 Å². The van der Waals surface area contributed by atoms with Crippen molar-refractivity contribution >= 4 is 5.91 Å². The average molecular weight is 412 g/mol. The van der Waals surface area contributed by atoms with Crippen molar-refractivity contribution in [1.29, 1.82) is 0 Å². The van der Waals surface area contributed by atoms with Gasteiger partial charge >= 0.3 is 0 Å². The highest BCUT2D eigenvalue weighted by atomic mass is 16.5. The Labute approximate surface area is 181 Å². The Morgan fingerprint density at radius 3 is 2.03 bits per heavy atom. The maximum Gasteiger partial charge on any atom is 0.220 e. The lowest BCUT2D eigenvalue weighted by atomic mass is 9.90. The van der Waals surface area contributed by atoms with E-state index in [0.29, 0.717) is 19.6 Å². The number of rotatable bonds is 13. The van der Waals surface area contributed by atoms with E-state index in [0.717, 1.165) is 48.3 Å². The number of carbonyl (C=O) groups excluding carboxylic acids is 1. The Morgan fingerprint density at radius 1 is 0.933 bits per heavy atom. The Hall–Kier alpha value is -2.49. The molecule has 0 aliphatic rings. The molecule has 1 atom stereocenters. The second-order valence-electron chi connectivity index (χ2n) is 8.06. The van der Waals surface area contributed by atoms with E-state index in [-0.39, 0.29) is 17.7 Å². The molecule has 0 saturated heterocycles. The summed E-state index contributed by atoms with van der Waals surface area (Å²) >= 11 is 0. The second-order valence-corrected chi connectivity index (χ2v) is 8.06. The molecule has 2 rings (SSSR count). The molecule has 2 N–H and O–H groups in total. The third kappa shape index (κ3) is 7.08. The highest BCUT2D eigenvalue weighted by Gasteiger charge is 2.20. The summed E-state index contributed by atoms with van der Waals surface area (Å²) in [4.78, 5) is 12.1. The van der Waals surface area contributed by atoms with E-state index < -0.39 is 0 Å². The van der Waals surface area contributed by atoms with Crippen molar-refractivity contribution in [3.63, 3.8) is 0 Å². The second kappa shape index (κ2) is 12.3. The summed E-state index contributed by atoms with van der Waals surface area (Å²) in [7, 11) is 0. The van der Waals surface area contributed by atoms with Crippen LogP contribution in [0.1, 0.15) is 69.6 Å². The first-order valence-electron chi connectivity index (χ1n) is 11.2. The van der Waals surface area contributed by atoms with Gasteiger partial charge in [-0.15, -0.1) is 0 Å². The van der Waals surface area contributed by atoms with Gasteiger partial charge in [-0.05, 0) is 68.7 Å². The van der Waals surface area contributed by atoms with Gasteiger partial charge in [0.15, 0.2) is 0 Å². The number of hydrogen-bond acceptors (Lipinski definition) is 3. The van der Waals surface area contributed by atoms with Crippen LogP contribution in [0.25, 0.3) is 0 Å². The molecular formula is C26H37NO3. The summed E-state index contributed by atoms with van der Waals surface area (Å²) in [5.41, 5.74) is 9.21. The van der Waals surface area contributed by atoms with E-state index in [9.17, 15) is 4.79 Å². The highest BCUT2D eigenvalue weighted by molar-refractivity contribution is 5.77. The molecule has 0 radical (unpaired) electrons. The molecule has 0 fully saturated rings. The maximum atomic E-state index is 12.1. The number of benzene rings is 2. The number of unbranched alkanes of at least 4 members (excludes halogenated alkanes) is 1. The Kier molecular flexibility index (Phi) is 9.72. The van der Waals surface area contributed by atoms with E-state index in [4.69, 9.17) is 15.2 Å². The maximum absolute atomic E-state index is 12.1. The minimum absolute atomic E-state index is 0.186. The zero-order valence-corrected chi connectivity index (χ0v) is 18.9. The number of nitrogens with two attached hydrogens (primary N) is 1. The lowest BCUT2D eigenvalue weighted by Crippen LogP contribution is -2.25. The smallest absolute Gasteiger partial charge is 0.220 e. The molecule has 4 nitrogen and oxygen atoms in total. The number of hydrogen-bond donors (Lipinski definition) is 1. The van der Waals surface area contributed by atoms with E-state index in [1.165, 1.54) is 5.56 Å². The number of ether oxygens (including phenoxy) is 2. The topological polar surface area (TPSA) is 61.5 Å². The molecule has 164 valence electrons. The van der Waals surface area contributed by atoms with E-state index in [1.54, 1.807) is 0 Å². The Morgan fingerprint density at radius 2 is 1.53 bits per heavy atom. The molecule has 2 aromatic carbocycles. The normalized spacial score (nSPS) is 12.0. The molecular weight excluding hydrogens is 374 g/mol. The largest absolute Gasteiger partial charge is 0.493 e. The van der Waals surface area contributed by atoms with Crippen LogP contribution in [0.3, 0.4) is 0 Å². The van der Waals surface area contributed by atoms with Crippen molar-refractivity contribution < 1.29 is 14.3 Å². The SMILES string of the molecule is CCOc1cc(CC(CCCCc2ccccc2)C(N)=O)cc(OCC)c1C(C)C. The Bertz CT molecular complexity index is 759. The summed E-state index contributed by atoms with van der Waals surface area (Å²) in [6.07, 6.45) is 4.46. The number of amides is 1. The molecule has 2 aromatic rings. The van der Waals surface area contributed by atoms with Crippen LogP contribution in [0.4, 0.5) is 0 Å². The molecule has 0 saturated carbocycles. The van der Waals surface area contributed by atoms with Crippen LogP contribution in [0, 0.1) is 5.92 Å². The first kappa shape index (κ1) is 23.8.